The van der Waals surface area contributed by atoms with Crippen LogP contribution >= 0.6 is 0 Å². The lowest BCUT2D eigenvalue weighted by Crippen LogP contribution is -2.48. The third kappa shape index (κ3) is 4.22. The lowest BCUT2D eigenvalue weighted by atomic mass is 9.76. The molecule has 1 aliphatic heterocycles. The van der Waals surface area contributed by atoms with Crippen LogP contribution in [0.15, 0.2) is 59.1 Å². The summed E-state index contributed by atoms with van der Waals surface area (Å²) in [5.74, 6) is -0.0157. The molecule has 0 aromatic heterocycles. The van der Waals surface area contributed by atoms with Gasteiger partial charge in [-0.15, -0.1) is 0 Å². The maximum atomic E-state index is 13.3. The largest absolute Gasteiger partial charge is 0.493 e. The van der Waals surface area contributed by atoms with Crippen LogP contribution in [0.25, 0.3) is 0 Å². The number of allylic oxidation sites excluding steroid dienone is 3. The third-order valence-corrected chi connectivity index (χ3v) is 6.46. The van der Waals surface area contributed by atoms with Crippen molar-refractivity contribution >= 4 is 11.7 Å². The third-order valence-electron chi connectivity index (χ3n) is 6.46. The molecule has 1 atom stereocenters. The van der Waals surface area contributed by atoms with Crippen molar-refractivity contribution in [3.8, 4) is 23.3 Å². The Kier molecular flexibility index (Phi) is 6.88. The quantitative estimate of drug-likeness (QED) is 0.633. The van der Waals surface area contributed by atoms with Gasteiger partial charge in [0.15, 0.2) is 17.3 Å². The van der Waals surface area contributed by atoms with Crippen molar-refractivity contribution in [1.29, 1.82) is 5.26 Å². The molecule has 9 heteroatoms. The molecule has 0 bridgehead atoms. The van der Waals surface area contributed by atoms with E-state index >= 15 is 0 Å². The van der Waals surface area contributed by atoms with Crippen LogP contribution in [0.1, 0.15) is 46.7 Å². The number of hydrazine groups is 1. The van der Waals surface area contributed by atoms with E-state index in [2.05, 4.69) is 11.5 Å². The fourth-order valence-electron chi connectivity index (χ4n) is 4.69. The zero-order chi connectivity index (χ0) is 26.0. The van der Waals surface area contributed by atoms with Crippen molar-refractivity contribution in [1.82, 2.24) is 10.4 Å². The van der Waals surface area contributed by atoms with Crippen LogP contribution in [-0.2, 0) is 4.79 Å². The lowest BCUT2D eigenvalue weighted by Gasteiger charge is -2.39. The Hall–Kier alpha value is -4.45. The number of nitrogens with zero attached hydrogens (tertiary/aromatic N) is 2. The number of hydrogen-bond donors (Lipinski definition) is 2. The van der Waals surface area contributed by atoms with Gasteiger partial charge in [-0.3, -0.25) is 15.0 Å². The Balaban J connectivity index is 1.86. The van der Waals surface area contributed by atoms with E-state index in [1.54, 1.807) is 24.3 Å². The molecule has 2 aromatic carbocycles. The number of aryl methyl sites for hydroxylation is 1. The predicted octanol–water partition coefficient (Wildman–Crippen LogP) is 3.47. The number of benzene rings is 2. The zero-order valence-corrected chi connectivity index (χ0v) is 20.7. The summed E-state index contributed by atoms with van der Waals surface area (Å²) < 4.78 is 16.4. The fraction of sp³-hybridized carbons (Fsp3) is 0.296. The molecule has 3 N–H and O–H groups in total. The number of hydrogen-bond acceptors (Lipinski definition) is 8. The van der Waals surface area contributed by atoms with Gasteiger partial charge in [-0.2, -0.15) is 5.26 Å². The molecule has 1 heterocycles. The van der Waals surface area contributed by atoms with Crippen molar-refractivity contribution in [3.05, 3.63) is 75.8 Å². The van der Waals surface area contributed by atoms with E-state index in [1.807, 2.05) is 19.1 Å². The number of Topliss-reactive ketones (excluding diaryl/α,β-unsaturated/α-hetero) is 1. The SMILES string of the molecule is COc1cc(C2C(C#N)=C(N)N(NC(=O)c3ccc(C)cc3)C3=C2C(=O)CCC3)cc(OC)c1OC. The first-order chi connectivity index (χ1) is 17.3. The average Bonchev–Trinajstić information content (AvgIpc) is 2.89. The maximum absolute atomic E-state index is 13.3. The molecule has 1 amide bonds. The van der Waals surface area contributed by atoms with Crippen molar-refractivity contribution in [2.24, 2.45) is 5.73 Å². The molecule has 0 saturated carbocycles. The Morgan fingerprint density at radius 1 is 1.08 bits per heavy atom. The summed E-state index contributed by atoms with van der Waals surface area (Å²) >= 11 is 0. The highest BCUT2D eigenvalue weighted by atomic mass is 16.5. The van der Waals surface area contributed by atoms with Gasteiger partial charge in [0.1, 0.15) is 5.82 Å². The number of nitrogens with one attached hydrogen (secondary N) is 1. The molecule has 0 spiro atoms. The highest BCUT2D eigenvalue weighted by Gasteiger charge is 2.41. The van der Waals surface area contributed by atoms with Crippen LogP contribution in [0, 0.1) is 18.3 Å². The molecular formula is C27H28N4O5. The fourth-order valence-corrected chi connectivity index (χ4v) is 4.69. The minimum Gasteiger partial charge on any atom is -0.493 e. The number of carbonyl (C=O) groups is 2. The van der Waals surface area contributed by atoms with Crippen LogP contribution < -0.4 is 25.4 Å². The smallest absolute Gasteiger partial charge is 0.270 e. The van der Waals surface area contributed by atoms with Gasteiger partial charge in [-0.1, -0.05) is 17.7 Å². The summed E-state index contributed by atoms with van der Waals surface area (Å²) in [4.78, 5) is 26.3. The Morgan fingerprint density at radius 3 is 2.28 bits per heavy atom. The van der Waals surface area contributed by atoms with E-state index in [9.17, 15) is 14.9 Å². The molecule has 1 aliphatic carbocycles. The number of nitriles is 1. The standard InChI is InChI=1S/C27H28N4O5/c1-15-8-10-16(11-9-15)27(33)30-31-19-6-5-7-20(32)24(19)23(18(14-28)26(31)29)17-12-21(34-2)25(36-4)22(13-17)35-3/h8-13,23H,5-7,29H2,1-4H3,(H,30,33). The van der Waals surface area contributed by atoms with E-state index in [-0.39, 0.29) is 17.2 Å². The minimum absolute atomic E-state index is 0.0603. The van der Waals surface area contributed by atoms with Crippen molar-refractivity contribution < 1.29 is 23.8 Å². The van der Waals surface area contributed by atoms with Crippen LogP contribution in [0.4, 0.5) is 0 Å². The summed E-state index contributed by atoms with van der Waals surface area (Å²) in [6, 6.07) is 12.7. The van der Waals surface area contributed by atoms with Gasteiger partial charge in [-0.05, 0) is 49.6 Å². The van der Waals surface area contributed by atoms with Gasteiger partial charge in [0.25, 0.3) is 5.91 Å². The Morgan fingerprint density at radius 2 is 1.72 bits per heavy atom. The van der Waals surface area contributed by atoms with Crippen LogP contribution in [0.3, 0.4) is 0 Å². The second-order valence-electron chi connectivity index (χ2n) is 8.58. The molecule has 186 valence electrons. The van der Waals surface area contributed by atoms with Crippen molar-refractivity contribution in [2.45, 2.75) is 32.1 Å². The number of carbonyl (C=O) groups excluding carboxylic acids is 2. The number of rotatable bonds is 6. The van der Waals surface area contributed by atoms with Gasteiger partial charge < -0.3 is 19.9 Å². The number of ether oxygens (including phenoxy) is 3. The molecule has 0 fully saturated rings. The predicted molar refractivity (Wildman–Crippen MR) is 132 cm³/mol. The molecule has 36 heavy (non-hydrogen) atoms. The Bertz CT molecular complexity index is 1300. The molecular weight excluding hydrogens is 460 g/mol. The average molecular weight is 489 g/mol. The molecule has 9 nitrogen and oxygen atoms in total. The van der Waals surface area contributed by atoms with Gasteiger partial charge in [0.05, 0.1) is 38.9 Å². The zero-order valence-electron chi connectivity index (χ0n) is 20.7. The number of ketones is 1. The van der Waals surface area contributed by atoms with E-state index in [0.717, 1.165) is 5.56 Å². The number of nitrogens with two attached hydrogens (primary N) is 1. The van der Waals surface area contributed by atoms with Crippen molar-refractivity contribution in [2.75, 3.05) is 21.3 Å². The molecule has 0 radical (unpaired) electrons. The first-order valence-corrected chi connectivity index (χ1v) is 11.5. The Labute approximate surface area is 209 Å². The number of amides is 1. The first-order valence-electron chi connectivity index (χ1n) is 11.5. The van der Waals surface area contributed by atoms with E-state index < -0.39 is 11.8 Å². The van der Waals surface area contributed by atoms with Crippen molar-refractivity contribution in [3.63, 3.8) is 0 Å². The first kappa shape index (κ1) is 24.7. The molecule has 2 aromatic rings. The summed E-state index contributed by atoms with van der Waals surface area (Å²) in [5, 5.41) is 11.6. The summed E-state index contributed by atoms with van der Waals surface area (Å²) in [5.41, 5.74) is 12.5. The van der Waals surface area contributed by atoms with E-state index in [1.165, 1.54) is 26.3 Å². The molecule has 0 saturated heterocycles. The summed E-state index contributed by atoms with van der Waals surface area (Å²) in [7, 11) is 4.49. The second-order valence-corrected chi connectivity index (χ2v) is 8.58. The van der Waals surface area contributed by atoms with E-state index in [0.29, 0.717) is 58.9 Å². The minimum atomic E-state index is -0.751. The highest BCUT2D eigenvalue weighted by Crippen LogP contribution is 2.48. The monoisotopic (exact) mass is 488 g/mol. The van der Waals surface area contributed by atoms with Crippen LogP contribution in [-0.4, -0.2) is 38.0 Å². The van der Waals surface area contributed by atoms with Gasteiger partial charge >= 0.3 is 0 Å². The normalized spacial score (nSPS) is 17.4. The topological polar surface area (TPSA) is 127 Å². The van der Waals surface area contributed by atoms with Gasteiger partial charge in [-0.25, -0.2) is 5.01 Å². The van der Waals surface area contributed by atoms with Gasteiger partial charge in [0, 0.05) is 23.3 Å². The van der Waals surface area contributed by atoms with Crippen LogP contribution in [0.2, 0.25) is 0 Å². The van der Waals surface area contributed by atoms with E-state index in [4.69, 9.17) is 19.9 Å². The number of methoxy groups -OCH3 is 3. The lowest BCUT2D eigenvalue weighted by molar-refractivity contribution is -0.116. The van der Waals surface area contributed by atoms with Gasteiger partial charge in [0.2, 0.25) is 5.75 Å². The second kappa shape index (κ2) is 10.0. The highest BCUT2D eigenvalue weighted by molar-refractivity contribution is 6.00. The summed E-state index contributed by atoms with van der Waals surface area (Å²) in [6.45, 7) is 1.93. The maximum Gasteiger partial charge on any atom is 0.270 e. The van der Waals surface area contributed by atoms with Crippen LogP contribution in [0.5, 0.6) is 17.2 Å². The summed E-state index contributed by atoms with van der Waals surface area (Å²) in [6.07, 6.45) is 1.44. The molecule has 4 rings (SSSR count). The molecule has 2 aliphatic rings. The molecule has 1 unspecified atom stereocenters.